The molecule has 0 aliphatic carbocycles. The van der Waals surface area contributed by atoms with Crippen molar-refractivity contribution in [2.75, 3.05) is 0 Å². The van der Waals surface area contributed by atoms with Crippen LogP contribution in [0.1, 0.15) is 5.56 Å². The third-order valence-electron chi connectivity index (χ3n) is 9.86. The van der Waals surface area contributed by atoms with Crippen molar-refractivity contribution in [3.8, 4) is 17.4 Å². The van der Waals surface area contributed by atoms with E-state index in [-0.39, 0.29) is 0 Å². The molecule has 6 heteroatoms. The number of rotatable bonds is 2. The number of pyridine rings is 1. The van der Waals surface area contributed by atoms with Crippen LogP contribution in [0.3, 0.4) is 0 Å². The van der Waals surface area contributed by atoms with Gasteiger partial charge in [0, 0.05) is 62.5 Å². The van der Waals surface area contributed by atoms with Crippen molar-refractivity contribution in [1.82, 2.24) is 24.1 Å². The van der Waals surface area contributed by atoms with Crippen LogP contribution in [0.5, 0.6) is 0 Å². The van der Waals surface area contributed by atoms with E-state index in [1.54, 1.807) is 12.4 Å². The zero-order valence-corrected chi connectivity index (χ0v) is 24.2. The Morgan fingerprint density at radius 3 is 1.43 bits per heavy atom. The summed E-state index contributed by atoms with van der Waals surface area (Å²) in [5.74, 6) is 0. The molecule has 0 unspecified atom stereocenters. The summed E-state index contributed by atoms with van der Waals surface area (Å²) >= 11 is 0. The second-order valence-corrected chi connectivity index (χ2v) is 11.9. The van der Waals surface area contributed by atoms with E-state index in [1.807, 2.05) is 12.4 Å². The van der Waals surface area contributed by atoms with Gasteiger partial charge in [-0.3, -0.25) is 15.0 Å². The lowest BCUT2D eigenvalue weighted by Crippen LogP contribution is -2.03. The van der Waals surface area contributed by atoms with Gasteiger partial charge in [-0.2, -0.15) is 5.26 Å². The van der Waals surface area contributed by atoms with Gasteiger partial charge in [-0.1, -0.05) is 54.6 Å². The second kappa shape index (κ2) is 8.32. The number of benzene rings is 7. The highest BCUT2D eigenvalue weighted by molar-refractivity contribution is 6.35. The molecule has 0 aliphatic heterocycles. The van der Waals surface area contributed by atoms with Crippen LogP contribution in [-0.2, 0) is 0 Å². The molecule has 0 N–H and O–H groups in total. The quantitative estimate of drug-likeness (QED) is 0.190. The largest absolute Gasteiger partial charge is 0.308 e. The van der Waals surface area contributed by atoms with E-state index in [2.05, 4.69) is 117 Å². The Kier molecular flexibility index (Phi) is 4.31. The molecule has 0 spiro atoms. The van der Waals surface area contributed by atoms with Gasteiger partial charge in [0.15, 0.2) is 0 Å². The molecule has 0 saturated heterocycles. The van der Waals surface area contributed by atoms with Gasteiger partial charge in [-0.05, 0) is 58.6 Å². The van der Waals surface area contributed by atoms with Crippen LogP contribution in [-0.4, -0.2) is 24.1 Å². The lowest BCUT2D eigenvalue weighted by molar-refractivity contribution is 1.12. The Morgan fingerprint density at radius 1 is 0.457 bits per heavy atom. The molecule has 0 fully saturated rings. The summed E-state index contributed by atoms with van der Waals surface area (Å²) in [7, 11) is 0. The first-order chi connectivity index (χ1) is 22.8. The van der Waals surface area contributed by atoms with Crippen molar-refractivity contribution in [3.05, 3.63) is 127 Å². The molecule has 4 heterocycles. The first-order valence-corrected chi connectivity index (χ1v) is 15.3. The summed E-state index contributed by atoms with van der Waals surface area (Å²) in [6.45, 7) is 0. The normalized spacial score (nSPS) is 12.3. The summed E-state index contributed by atoms with van der Waals surface area (Å²) in [5, 5.41) is 22.5. The highest BCUT2D eigenvalue weighted by Gasteiger charge is 2.25. The zero-order valence-electron chi connectivity index (χ0n) is 24.2. The van der Waals surface area contributed by atoms with E-state index in [9.17, 15) is 5.26 Å². The van der Waals surface area contributed by atoms with E-state index >= 15 is 0 Å². The van der Waals surface area contributed by atoms with E-state index in [0.717, 1.165) is 71.4 Å². The van der Waals surface area contributed by atoms with Crippen LogP contribution in [0.15, 0.2) is 122 Å². The summed E-state index contributed by atoms with van der Waals surface area (Å²) < 4.78 is 4.52. The molecule has 11 aromatic rings. The number of fused-ring (bicyclic) bond motifs is 6. The van der Waals surface area contributed by atoms with Crippen LogP contribution < -0.4 is 0 Å². The molecule has 46 heavy (non-hydrogen) atoms. The number of nitriles is 1. The summed E-state index contributed by atoms with van der Waals surface area (Å²) in [6.07, 6.45) is 7.34. The Morgan fingerprint density at radius 2 is 0.913 bits per heavy atom. The third-order valence-corrected chi connectivity index (χ3v) is 9.86. The fourth-order valence-electron chi connectivity index (χ4n) is 8.17. The molecule has 210 valence electrons. The average Bonchev–Trinajstić information content (AvgIpc) is 3.64. The first kappa shape index (κ1) is 23.8. The van der Waals surface area contributed by atoms with Crippen molar-refractivity contribution in [1.29, 1.82) is 5.26 Å². The van der Waals surface area contributed by atoms with E-state index in [0.29, 0.717) is 5.56 Å². The van der Waals surface area contributed by atoms with Gasteiger partial charge >= 0.3 is 0 Å². The Labute approximate surface area is 260 Å². The minimum atomic E-state index is 0.609. The maximum atomic E-state index is 11.0. The van der Waals surface area contributed by atoms with Gasteiger partial charge in [-0.15, -0.1) is 0 Å². The number of hydrogen-bond donors (Lipinski definition) is 0. The molecule has 0 aliphatic rings. The van der Waals surface area contributed by atoms with Gasteiger partial charge in [0.1, 0.15) is 11.6 Å². The van der Waals surface area contributed by atoms with Gasteiger partial charge in [0.25, 0.3) is 0 Å². The average molecular weight is 585 g/mol. The predicted octanol–water partition coefficient (Wildman–Crippen LogP) is 9.43. The molecule has 6 nitrogen and oxygen atoms in total. The van der Waals surface area contributed by atoms with Crippen LogP contribution in [0, 0.1) is 11.3 Å². The molecule has 0 radical (unpaired) electrons. The minimum absolute atomic E-state index is 0.609. The van der Waals surface area contributed by atoms with Crippen LogP contribution in [0.2, 0.25) is 0 Å². The van der Waals surface area contributed by atoms with Crippen molar-refractivity contribution >= 4 is 87.0 Å². The third kappa shape index (κ3) is 2.71. The van der Waals surface area contributed by atoms with Crippen LogP contribution in [0.25, 0.3) is 98.3 Å². The van der Waals surface area contributed by atoms with Crippen molar-refractivity contribution in [2.45, 2.75) is 0 Å². The molecular weight excluding hydrogens is 564 g/mol. The monoisotopic (exact) mass is 584 g/mol. The van der Waals surface area contributed by atoms with E-state index in [4.69, 9.17) is 9.97 Å². The van der Waals surface area contributed by atoms with Gasteiger partial charge in [-0.25, -0.2) is 0 Å². The molecule has 7 aromatic carbocycles. The molecule has 0 atom stereocenters. The van der Waals surface area contributed by atoms with Gasteiger partial charge in [0.2, 0.25) is 0 Å². The molecule has 0 saturated carbocycles. The summed E-state index contributed by atoms with van der Waals surface area (Å²) in [4.78, 5) is 14.0. The first-order valence-electron chi connectivity index (χ1n) is 15.3. The van der Waals surface area contributed by atoms with E-state index < -0.39 is 0 Å². The summed E-state index contributed by atoms with van der Waals surface area (Å²) in [6, 6.07) is 36.6. The molecule has 0 amide bonds. The van der Waals surface area contributed by atoms with Crippen LogP contribution >= 0.6 is 0 Å². The number of aromatic nitrogens is 5. The van der Waals surface area contributed by atoms with Crippen molar-refractivity contribution < 1.29 is 0 Å². The molecule has 0 bridgehead atoms. The fourth-order valence-corrected chi connectivity index (χ4v) is 8.17. The van der Waals surface area contributed by atoms with E-state index in [1.165, 1.54) is 26.9 Å². The Balaban J connectivity index is 1.30. The Bertz CT molecular complexity index is 2730. The van der Waals surface area contributed by atoms with Gasteiger partial charge in [0.05, 0.1) is 44.5 Å². The lowest BCUT2D eigenvalue weighted by Gasteiger charge is -2.15. The lowest BCUT2D eigenvalue weighted by atomic mass is 9.96. The second-order valence-electron chi connectivity index (χ2n) is 11.9. The van der Waals surface area contributed by atoms with Crippen molar-refractivity contribution in [3.63, 3.8) is 0 Å². The maximum absolute atomic E-state index is 11.0. The summed E-state index contributed by atoms with van der Waals surface area (Å²) in [5.41, 5.74) is 8.30. The zero-order chi connectivity index (χ0) is 30.1. The molecular formula is C40H20N6. The number of hydrogen-bond acceptors (Lipinski definition) is 4. The predicted molar refractivity (Wildman–Crippen MR) is 186 cm³/mol. The molecule has 11 rings (SSSR count). The topological polar surface area (TPSA) is 72.3 Å². The number of nitrogens with zero attached hydrogens (tertiary/aromatic N) is 6. The minimum Gasteiger partial charge on any atom is -0.308 e. The highest BCUT2D eigenvalue weighted by atomic mass is 15.0. The highest BCUT2D eigenvalue weighted by Crippen LogP contribution is 2.46. The standard InChI is InChI=1S/C40H20N6/c41-20-27-29(45-31-12-1-6-23-22-16-17-42-21-28(22)24-7-2-13-32(45)36(24)35(23)31)10-5-11-30(27)46-33-14-3-8-25-37(33)38-26(9-4-15-34(38)46)40-39(25)43-18-19-44-40/h1-19,21H. The SMILES string of the molecule is N#Cc1c(-n2c3cccc4c5ccncc5c5cccc2c5c43)cccc1-n1c2cccc3c4nccnc4c4cccc1c4c32. The van der Waals surface area contributed by atoms with Crippen LogP contribution in [0.4, 0.5) is 0 Å². The Hall–Kier alpha value is -6.58. The smallest absolute Gasteiger partial charge is 0.104 e. The molecule has 4 aromatic heterocycles. The van der Waals surface area contributed by atoms with Crippen molar-refractivity contribution in [2.24, 2.45) is 0 Å². The fraction of sp³-hybridized carbons (Fsp3) is 0. The van der Waals surface area contributed by atoms with Gasteiger partial charge < -0.3 is 9.13 Å². The maximum Gasteiger partial charge on any atom is 0.104 e.